The first-order valence-corrected chi connectivity index (χ1v) is 7.53. The zero-order valence-electron chi connectivity index (χ0n) is 13.6. The van der Waals surface area contributed by atoms with Crippen LogP contribution in [0.25, 0.3) is 0 Å². The van der Waals surface area contributed by atoms with Gasteiger partial charge in [-0.05, 0) is 43.5 Å². The lowest BCUT2D eigenvalue weighted by molar-refractivity contribution is 0.102. The Bertz CT molecular complexity index is 388. The van der Waals surface area contributed by atoms with Crippen LogP contribution in [0.5, 0.6) is 5.75 Å². The molecule has 0 saturated heterocycles. The number of ether oxygens (including phenoxy) is 1. The maximum Gasteiger partial charge on any atom is 0.118 e. The van der Waals surface area contributed by atoms with Crippen molar-refractivity contribution in [2.45, 2.75) is 39.7 Å². The van der Waals surface area contributed by atoms with E-state index in [0.29, 0.717) is 12.5 Å². The normalized spacial score (nSPS) is 14.6. The molecule has 0 saturated carbocycles. The second kappa shape index (κ2) is 7.65. The SMILES string of the molecule is CCN(CC(C)C)C(C)(CN)Cc1ccc(OC)cc1. The number of hydrogen-bond donors (Lipinski definition) is 1. The van der Waals surface area contributed by atoms with E-state index < -0.39 is 0 Å². The van der Waals surface area contributed by atoms with Crippen LogP contribution in [-0.4, -0.2) is 37.2 Å². The summed E-state index contributed by atoms with van der Waals surface area (Å²) in [6, 6.07) is 8.31. The molecule has 20 heavy (non-hydrogen) atoms. The Hall–Kier alpha value is -1.06. The summed E-state index contributed by atoms with van der Waals surface area (Å²) in [5.74, 6) is 1.55. The molecule has 0 bridgehead atoms. The first-order valence-electron chi connectivity index (χ1n) is 7.53. The molecule has 0 radical (unpaired) electrons. The van der Waals surface area contributed by atoms with Crippen molar-refractivity contribution in [3.63, 3.8) is 0 Å². The predicted octanol–water partition coefficient (Wildman–Crippen LogP) is 2.93. The fourth-order valence-corrected chi connectivity index (χ4v) is 2.67. The summed E-state index contributed by atoms with van der Waals surface area (Å²) >= 11 is 0. The largest absolute Gasteiger partial charge is 0.497 e. The van der Waals surface area contributed by atoms with E-state index in [1.807, 2.05) is 12.1 Å². The third-order valence-electron chi connectivity index (χ3n) is 3.91. The number of rotatable bonds is 8. The van der Waals surface area contributed by atoms with Crippen LogP contribution in [0.15, 0.2) is 24.3 Å². The maximum absolute atomic E-state index is 6.10. The van der Waals surface area contributed by atoms with E-state index in [1.54, 1.807) is 7.11 Å². The number of nitrogens with two attached hydrogens (primary N) is 1. The first-order chi connectivity index (χ1) is 9.45. The fourth-order valence-electron chi connectivity index (χ4n) is 2.67. The molecule has 0 aliphatic heterocycles. The van der Waals surface area contributed by atoms with Crippen LogP contribution in [-0.2, 0) is 6.42 Å². The van der Waals surface area contributed by atoms with Crippen LogP contribution in [0.2, 0.25) is 0 Å². The minimum Gasteiger partial charge on any atom is -0.497 e. The van der Waals surface area contributed by atoms with Crippen LogP contribution in [0.1, 0.15) is 33.3 Å². The molecular weight excluding hydrogens is 248 g/mol. The Labute approximate surface area is 124 Å². The number of hydrogen-bond acceptors (Lipinski definition) is 3. The number of benzene rings is 1. The summed E-state index contributed by atoms with van der Waals surface area (Å²) in [6.45, 7) is 11.8. The van der Waals surface area contributed by atoms with Gasteiger partial charge >= 0.3 is 0 Å². The standard InChI is InChI=1S/C17H30N2O/c1-6-19(12-14(2)3)17(4,13-18)11-15-7-9-16(20-5)10-8-15/h7-10,14H,6,11-13,18H2,1-5H3. The Morgan fingerprint density at radius 2 is 1.85 bits per heavy atom. The van der Waals surface area contributed by atoms with Gasteiger partial charge in [0.05, 0.1) is 7.11 Å². The summed E-state index contributed by atoms with van der Waals surface area (Å²) in [7, 11) is 1.69. The molecule has 0 fully saturated rings. The summed E-state index contributed by atoms with van der Waals surface area (Å²) in [4.78, 5) is 2.50. The molecule has 0 aliphatic carbocycles. The molecule has 0 aromatic heterocycles. The summed E-state index contributed by atoms with van der Waals surface area (Å²) in [5.41, 5.74) is 7.41. The van der Waals surface area contributed by atoms with E-state index in [2.05, 4.69) is 44.7 Å². The molecule has 1 atom stereocenters. The minimum atomic E-state index is 0.00755. The highest BCUT2D eigenvalue weighted by Crippen LogP contribution is 2.22. The minimum absolute atomic E-state index is 0.00755. The van der Waals surface area contributed by atoms with E-state index in [0.717, 1.165) is 25.3 Å². The zero-order chi connectivity index (χ0) is 15.2. The molecule has 0 spiro atoms. The molecule has 1 aromatic rings. The fraction of sp³-hybridized carbons (Fsp3) is 0.647. The summed E-state index contributed by atoms with van der Waals surface area (Å²) in [5, 5.41) is 0. The molecule has 0 amide bonds. The lowest BCUT2D eigenvalue weighted by Crippen LogP contribution is -2.54. The third-order valence-corrected chi connectivity index (χ3v) is 3.91. The number of nitrogens with zero attached hydrogens (tertiary/aromatic N) is 1. The van der Waals surface area contributed by atoms with Gasteiger partial charge < -0.3 is 10.5 Å². The number of methoxy groups -OCH3 is 1. The second-order valence-electron chi connectivity index (χ2n) is 6.16. The summed E-state index contributed by atoms with van der Waals surface area (Å²) in [6.07, 6.45) is 0.966. The van der Waals surface area contributed by atoms with Crippen molar-refractivity contribution in [2.75, 3.05) is 26.7 Å². The van der Waals surface area contributed by atoms with Gasteiger partial charge in [-0.3, -0.25) is 4.90 Å². The molecule has 1 aromatic carbocycles. The van der Waals surface area contributed by atoms with Crippen LogP contribution in [0.3, 0.4) is 0 Å². The highest BCUT2D eigenvalue weighted by molar-refractivity contribution is 5.28. The molecule has 3 heteroatoms. The van der Waals surface area contributed by atoms with E-state index in [-0.39, 0.29) is 5.54 Å². The third kappa shape index (κ3) is 4.50. The van der Waals surface area contributed by atoms with Gasteiger partial charge in [0.1, 0.15) is 5.75 Å². The van der Waals surface area contributed by atoms with Crippen LogP contribution >= 0.6 is 0 Å². The lowest BCUT2D eigenvalue weighted by atomic mass is 9.90. The summed E-state index contributed by atoms with van der Waals surface area (Å²) < 4.78 is 5.21. The van der Waals surface area contributed by atoms with Crippen molar-refractivity contribution < 1.29 is 4.74 Å². The molecule has 0 aliphatic rings. The average Bonchev–Trinajstić information content (AvgIpc) is 2.45. The van der Waals surface area contributed by atoms with Crippen molar-refractivity contribution in [3.8, 4) is 5.75 Å². The van der Waals surface area contributed by atoms with Gasteiger partial charge in [0.25, 0.3) is 0 Å². The van der Waals surface area contributed by atoms with Crippen molar-refractivity contribution in [2.24, 2.45) is 11.7 Å². The Balaban J connectivity index is 2.85. The van der Waals surface area contributed by atoms with Crippen LogP contribution in [0.4, 0.5) is 0 Å². The van der Waals surface area contributed by atoms with Crippen molar-refractivity contribution in [1.29, 1.82) is 0 Å². The zero-order valence-corrected chi connectivity index (χ0v) is 13.6. The average molecular weight is 278 g/mol. The highest BCUT2D eigenvalue weighted by Gasteiger charge is 2.30. The van der Waals surface area contributed by atoms with Gasteiger partial charge in [0.15, 0.2) is 0 Å². The van der Waals surface area contributed by atoms with Gasteiger partial charge in [-0.25, -0.2) is 0 Å². The molecular formula is C17H30N2O. The molecule has 114 valence electrons. The van der Waals surface area contributed by atoms with E-state index in [9.17, 15) is 0 Å². The monoisotopic (exact) mass is 278 g/mol. The van der Waals surface area contributed by atoms with Gasteiger partial charge in [0.2, 0.25) is 0 Å². The topological polar surface area (TPSA) is 38.5 Å². The van der Waals surface area contributed by atoms with Crippen molar-refractivity contribution in [1.82, 2.24) is 4.90 Å². The maximum atomic E-state index is 6.10. The quantitative estimate of drug-likeness (QED) is 0.794. The smallest absolute Gasteiger partial charge is 0.118 e. The van der Waals surface area contributed by atoms with E-state index in [1.165, 1.54) is 5.56 Å². The van der Waals surface area contributed by atoms with Crippen LogP contribution in [0, 0.1) is 5.92 Å². The van der Waals surface area contributed by atoms with E-state index in [4.69, 9.17) is 10.5 Å². The molecule has 2 N–H and O–H groups in total. The van der Waals surface area contributed by atoms with Gasteiger partial charge in [-0.1, -0.05) is 32.9 Å². The predicted molar refractivity (Wildman–Crippen MR) is 86.2 cm³/mol. The first kappa shape index (κ1) is 17.0. The van der Waals surface area contributed by atoms with Gasteiger partial charge in [-0.15, -0.1) is 0 Å². The Morgan fingerprint density at radius 1 is 1.25 bits per heavy atom. The molecule has 0 heterocycles. The van der Waals surface area contributed by atoms with Gasteiger partial charge in [0, 0.05) is 18.6 Å². The molecule has 1 unspecified atom stereocenters. The molecule has 1 rings (SSSR count). The highest BCUT2D eigenvalue weighted by atomic mass is 16.5. The van der Waals surface area contributed by atoms with Crippen LogP contribution < -0.4 is 10.5 Å². The van der Waals surface area contributed by atoms with Crippen molar-refractivity contribution in [3.05, 3.63) is 29.8 Å². The van der Waals surface area contributed by atoms with E-state index >= 15 is 0 Å². The van der Waals surface area contributed by atoms with Crippen molar-refractivity contribution >= 4 is 0 Å². The Kier molecular flexibility index (Phi) is 6.50. The second-order valence-corrected chi connectivity index (χ2v) is 6.16. The van der Waals surface area contributed by atoms with Gasteiger partial charge in [-0.2, -0.15) is 0 Å². The Morgan fingerprint density at radius 3 is 2.25 bits per heavy atom. The number of likely N-dealkylation sites (N-methyl/N-ethyl adjacent to an activating group) is 1. The lowest BCUT2D eigenvalue weighted by Gasteiger charge is -2.41. The molecule has 3 nitrogen and oxygen atoms in total.